The first-order valence-corrected chi connectivity index (χ1v) is 3.79. The van der Waals surface area contributed by atoms with Crippen LogP contribution in [-0.4, -0.2) is 19.3 Å². The van der Waals surface area contributed by atoms with E-state index in [1.165, 1.54) is 0 Å². The molecular formula is C7H12F3N. The predicted molar refractivity (Wildman–Crippen MR) is 36.2 cm³/mol. The van der Waals surface area contributed by atoms with E-state index in [0.717, 1.165) is 0 Å². The summed E-state index contributed by atoms with van der Waals surface area (Å²) < 4.78 is 36.5. The Morgan fingerprint density at radius 1 is 1.36 bits per heavy atom. The molecular weight excluding hydrogens is 155 g/mol. The molecule has 0 amide bonds. The molecule has 0 aliphatic carbocycles. The SMILES string of the molecule is C[C@H]1CCNC[C@H]1C(F)(F)F. The molecule has 0 aromatic rings. The number of alkyl halides is 3. The molecule has 1 rings (SSSR count). The number of halogens is 3. The molecule has 4 heteroatoms. The minimum atomic E-state index is -4.02. The fraction of sp³-hybridized carbons (Fsp3) is 1.00. The van der Waals surface area contributed by atoms with Gasteiger partial charge in [-0.3, -0.25) is 0 Å². The van der Waals surface area contributed by atoms with Crippen molar-refractivity contribution in [2.75, 3.05) is 13.1 Å². The number of nitrogens with one attached hydrogen (secondary N) is 1. The summed E-state index contributed by atoms with van der Waals surface area (Å²) in [6.07, 6.45) is -3.39. The summed E-state index contributed by atoms with van der Waals surface area (Å²) in [6, 6.07) is 0. The molecule has 2 atom stereocenters. The number of piperidine rings is 1. The second kappa shape index (κ2) is 3.01. The summed E-state index contributed by atoms with van der Waals surface area (Å²) in [7, 11) is 0. The van der Waals surface area contributed by atoms with E-state index in [2.05, 4.69) is 5.32 Å². The molecule has 0 saturated carbocycles. The van der Waals surface area contributed by atoms with E-state index in [4.69, 9.17) is 0 Å². The van der Waals surface area contributed by atoms with Crippen LogP contribution in [0.2, 0.25) is 0 Å². The molecule has 0 aromatic heterocycles. The lowest BCUT2D eigenvalue weighted by atomic mass is 9.88. The first kappa shape index (κ1) is 8.84. The number of hydrogen-bond donors (Lipinski definition) is 1. The van der Waals surface area contributed by atoms with Crippen molar-refractivity contribution >= 4 is 0 Å². The van der Waals surface area contributed by atoms with Gasteiger partial charge in [-0.1, -0.05) is 6.92 Å². The molecule has 0 bridgehead atoms. The van der Waals surface area contributed by atoms with E-state index >= 15 is 0 Å². The van der Waals surface area contributed by atoms with Crippen molar-refractivity contribution in [1.29, 1.82) is 0 Å². The van der Waals surface area contributed by atoms with Gasteiger partial charge in [0.1, 0.15) is 0 Å². The molecule has 1 saturated heterocycles. The lowest BCUT2D eigenvalue weighted by Gasteiger charge is -2.30. The lowest BCUT2D eigenvalue weighted by Crippen LogP contribution is -2.43. The monoisotopic (exact) mass is 167 g/mol. The first-order chi connectivity index (χ1) is 5.02. The summed E-state index contributed by atoms with van der Waals surface area (Å²) in [5.74, 6) is -1.37. The van der Waals surface area contributed by atoms with E-state index in [-0.39, 0.29) is 12.5 Å². The standard InChI is InChI=1S/C7H12F3N/c1-5-2-3-11-4-6(5)7(8,9)10/h5-6,11H,2-4H2,1H3/t5-,6+/m0/s1. The Labute approximate surface area is 64.0 Å². The van der Waals surface area contributed by atoms with Crippen molar-refractivity contribution in [2.24, 2.45) is 11.8 Å². The average molecular weight is 167 g/mol. The highest BCUT2D eigenvalue weighted by atomic mass is 19.4. The van der Waals surface area contributed by atoms with Gasteiger partial charge in [-0.2, -0.15) is 13.2 Å². The molecule has 0 radical (unpaired) electrons. The smallest absolute Gasteiger partial charge is 0.316 e. The second-order valence-electron chi connectivity index (χ2n) is 3.12. The minimum absolute atomic E-state index is 0.0880. The largest absolute Gasteiger partial charge is 0.393 e. The summed E-state index contributed by atoms with van der Waals surface area (Å²) >= 11 is 0. The highest BCUT2D eigenvalue weighted by Gasteiger charge is 2.43. The Hall–Kier alpha value is -0.250. The molecule has 11 heavy (non-hydrogen) atoms. The quantitative estimate of drug-likeness (QED) is 0.580. The van der Waals surface area contributed by atoms with Crippen molar-refractivity contribution in [3.05, 3.63) is 0 Å². The van der Waals surface area contributed by atoms with Crippen LogP contribution in [-0.2, 0) is 0 Å². The Morgan fingerprint density at radius 2 is 2.00 bits per heavy atom. The van der Waals surface area contributed by atoms with Crippen molar-refractivity contribution in [3.8, 4) is 0 Å². The van der Waals surface area contributed by atoms with Crippen molar-refractivity contribution in [2.45, 2.75) is 19.5 Å². The maximum atomic E-state index is 12.2. The van der Waals surface area contributed by atoms with Crippen LogP contribution in [0.3, 0.4) is 0 Å². The molecule has 1 nitrogen and oxygen atoms in total. The molecule has 1 N–H and O–H groups in total. The van der Waals surface area contributed by atoms with Gasteiger partial charge in [-0.05, 0) is 18.9 Å². The van der Waals surface area contributed by atoms with E-state index in [1.807, 2.05) is 0 Å². The van der Waals surface area contributed by atoms with E-state index in [0.29, 0.717) is 13.0 Å². The Balaban J connectivity index is 2.55. The van der Waals surface area contributed by atoms with Crippen LogP contribution in [0.1, 0.15) is 13.3 Å². The highest BCUT2D eigenvalue weighted by Crippen LogP contribution is 2.34. The first-order valence-electron chi connectivity index (χ1n) is 3.79. The van der Waals surface area contributed by atoms with Gasteiger partial charge in [-0.25, -0.2) is 0 Å². The van der Waals surface area contributed by atoms with E-state index in [1.54, 1.807) is 6.92 Å². The molecule has 0 aromatic carbocycles. The normalized spacial score (nSPS) is 33.8. The summed E-state index contributed by atoms with van der Waals surface area (Å²) in [6.45, 7) is 2.47. The maximum Gasteiger partial charge on any atom is 0.393 e. The zero-order valence-corrected chi connectivity index (χ0v) is 6.41. The Bertz CT molecular complexity index is 132. The van der Waals surface area contributed by atoms with Gasteiger partial charge < -0.3 is 5.32 Å². The van der Waals surface area contributed by atoms with Gasteiger partial charge in [0.05, 0.1) is 5.92 Å². The zero-order valence-electron chi connectivity index (χ0n) is 6.41. The Morgan fingerprint density at radius 3 is 2.36 bits per heavy atom. The molecule has 0 spiro atoms. The third-order valence-corrected chi connectivity index (χ3v) is 2.25. The van der Waals surface area contributed by atoms with Gasteiger partial charge in [0.25, 0.3) is 0 Å². The molecule has 1 fully saturated rings. The minimum Gasteiger partial charge on any atom is -0.316 e. The number of rotatable bonds is 0. The van der Waals surface area contributed by atoms with Gasteiger partial charge in [0.2, 0.25) is 0 Å². The van der Waals surface area contributed by atoms with Crippen LogP contribution in [0.4, 0.5) is 13.2 Å². The van der Waals surface area contributed by atoms with Crippen LogP contribution in [0.5, 0.6) is 0 Å². The van der Waals surface area contributed by atoms with Gasteiger partial charge >= 0.3 is 6.18 Å². The molecule has 1 aliphatic rings. The highest BCUT2D eigenvalue weighted by molar-refractivity contribution is 4.80. The molecule has 66 valence electrons. The average Bonchev–Trinajstić information content (AvgIpc) is 1.86. The molecule has 1 heterocycles. The molecule has 0 unspecified atom stereocenters. The topological polar surface area (TPSA) is 12.0 Å². The van der Waals surface area contributed by atoms with Crippen LogP contribution < -0.4 is 5.32 Å². The fourth-order valence-electron chi connectivity index (χ4n) is 1.43. The fourth-order valence-corrected chi connectivity index (χ4v) is 1.43. The van der Waals surface area contributed by atoms with E-state index < -0.39 is 12.1 Å². The van der Waals surface area contributed by atoms with Crippen molar-refractivity contribution in [3.63, 3.8) is 0 Å². The molecule has 1 aliphatic heterocycles. The third-order valence-electron chi connectivity index (χ3n) is 2.25. The lowest BCUT2D eigenvalue weighted by molar-refractivity contribution is -0.190. The van der Waals surface area contributed by atoms with Crippen molar-refractivity contribution < 1.29 is 13.2 Å². The zero-order chi connectivity index (χ0) is 8.48. The second-order valence-corrected chi connectivity index (χ2v) is 3.12. The van der Waals surface area contributed by atoms with E-state index in [9.17, 15) is 13.2 Å². The summed E-state index contributed by atoms with van der Waals surface area (Å²) in [5, 5.41) is 2.75. The van der Waals surface area contributed by atoms with Gasteiger partial charge in [0, 0.05) is 6.54 Å². The van der Waals surface area contributed by atoms with Crippen LogP contribution in [0.15, 0.2) is 0 Å². The Kier molecular flexibility index (Phi) is 2.42. The third kappa shape index (κ3) is 2.09. The summed E-state index contributed by atoms with van der Waals surface area (Å²) in [5.41, 5.74) is 0. The van der Waals surface area contributed by atoms with Crippen LogP contribution in [0, 0.1) is 11.8 Å². The van der Waals surface area contributed by atoms with Crippen LogP contribution >= 0.6 is 0 Å². The number of hydrogen-bond acceptors (Lipinski definition) is 1. The predicted octanol–water partition coefficient (Wildman–Crippen LogP) is 1.79. The maximum absolute atomic E-state index is 12.2. The van der Waals surface area contributed by atoms with Crippen molar-refractivity contribution in [1.82, 2.24) is 5.32 Å². The summed E-state index contributed by atoms with van der Waals surface area (Å²) in [4.78, 5) is 0. The van der Waals surface area contributed by atoms with Crippen LogP contribution in [0.25, 0.3) is 0 Å². The van der Waals surface area contributed by atoms with Gasteiger partial charge in [-0.15, -0.1) is 0 Å². The van der Waals surface area contributed by atoms with Gasteiger partial charge in [0.15, 0.2) is 0 Å².